The molecule has 5 nitrogen and oxygen atoms in total. The van der Waals surface area contributed by atoms with E-state index in [1.165, 1.54) is 24.3 Å². The lowest BCUT2D eigenvalue weighted by molar-refractivity contribution is 0.249. The van der Waals surface area contributed by atoms with Crippen molar-refractivity contribution in [1.29, 1.82) is 0 Å². The van der Waals surface area contributed by atoms with Gasteiger partial charge in [0.05, 0.1) is 5.69 Å². The summed E-state index contributed by atoms with van der Waals surface area (Å²) >= 11 is 0. The molecule has 0 saturated carbocycles. The van der Waals surface area contributed by atoms with E-state index in [9.17, 15) is 18.0 Å². The summed E-state index contributed by atoms with van der Waals surface area (Å²) in [5.41, 5.74) is 0.428. The summed E-state index contributed by atoms with van der Waals surface area (Å²) in [5.74, 6) is -1.54. The molecule has 1 atom stereocenters. The van der Waals surface area contributed by atoms with Gasteiger partial charge in [0.15, 0.2) is 0 Å². The molecule has 2 N–H and O–H groups in total. The van der Waals surface area contributed by atoms with Gasteiger partial charge in [0.2, 0.25) is 0 Å². The van der Waals surface area contributed by atoms with E-state index in [1.54, 1.807) is 24.0 Å². The summed E-state index contributed by atoms with van der Waals surface area (Å²) in [5, 5.41) is 5.00. The van der Waals surface area contributed by atoms with Gasteiger partial charge in [0.25, 0.3) is 0 Å². The van der Waals surface area contributed by atoms with E-state index in [0.717, 1.165) is 12.1 Å². The van der Waals surface area contributed by atoms with Crippen LogP contribution >= 0.6 is 0 Å². The minimum absolute atomic E-state index is 0.165. The molecule has 8 heteroatoms. The number of nitrogens with one attached hydrogen (secondary N) is 2. The van der Waals surface area contributed by atoms with Gasteiger partial charge >= 0.3 is 6.03 Å². The van der Waals surface area contributed by atoms with Gasteiger partial charge in [0, 0.05) is 25.5 Å². The lowest BCUT2D eigenvalue weighted by Crippen LogP contribution is -2.34. The Hall–Kier alpha value is -3.29. The highest BCUT2D eigenvalue weighted by Gasteiger charge is 2.21. The molecule has 0 fully saturated rings. The quantitative estimate of drug-likeness (QED) is 0.745. The molecule has 1 aromatic heterocycles. The van der Waals surface area contributed by atoms with E-state index in [-0.39, 0.29) is 5.69 Å². The molecule has 0 aliphatic heterocycles. The van der Waals surface area contributed by atoms with Crippen LogP contribution in [0, 0.1) is 17.5 Å². The number of rotatable bonds is 4. The molecule has 1 heterocycles. The summed E-state index contributed by atoms with van der Waals surface area (Å²) in [7, 11) is 1.75. The van der Waals surface area contributed by atoms with Crippen LogP contribution in [0.1, 0.15) is 17.4 Å². The molecule has 26 heavy (non-hydrogen) atoms. The van der Waals surface area contributed by atoms with Gasteiger partial charge in [-0.15, -0.1) is 0 Å². The van der Waals surface area contributed by atoms with E-state index < -0.39 is 29.5 Å². The topological polar surface area (TPSA) is 59.0 Å². The van der Waals surface area contributed by atoms with Crippen LogP contribution in [-0.2, 0) is 7.05 Å². The summed E-state index contributed by atoms with van der Waals surface area (Å²) in [6.07, 6.45) is 3.26. The van der Waals surface area contributed by atoms with Crippen LogP contribution in [0.2, 0.25) is 0 Å². The summed E-state index contributed by atoms with van der Waals surface area (Å²) in [4.78, 5) is 16.5. The highest BCUT2D eigenvalue weighted by Crippen LogP contribution is 2.21. The molecule has 0 radical (unpaired) electrons. The normalized spacial score (nSPS) is 11.8. The van der Waals surface area contributed by atoms with Crippen molar-refractivity contribution in [3.63, 3.8) is 0 Å². The maximum atomic E-state index is 13.7. The number of imidazole rings is 1. The molecule has 0 aliphatic rings. The van der Waals surface area contributed by atoms with Crippen molar-refractivity contribution in [2.45, 2.75) is 6.04 Å². The number of hydrogen-bond acceptors (Lipinski definition) is 2. The summed E-state index contributed by atoms with van der Waals surface area (Å²) < 4.78 is 41.6. The zero-order chi connectivity index (χ0) is 18.7. The lowest BCUT2D eigenvalue weighted by atomic mass is 10.1. The molecule has 2 amide bonds. The molecule has 0 aliphatic carbocycles. The van der Waals surface area contributed by atoms with E-state index in [0.29, 0.717) is 17.5 Å². The first kappa shape index (κ1) is 17.5. The molecule has 2 aromatic carbocycles. The fourth-order valence-electron chi connectivity index (χ4n) is 2.49. The number of aryl methyl sites for hydroxylation is 1. The molecule has 3 aromatic rings. The van der Waals surface area contributed by atoms with Crippen molar-refractivity contribution >= 4 is 11.7 Å². The second-order valence-electron chi connectivity index (χ2n) is 5.60. The number of anilines is 1. The fourth-order valence-corrected chi connectivity index (χ4v) is 2.49. The second-order valence-corrected chi connectivity index (χ2v) is 5.60. The van der Waals surface area contributed by atoms with Gasteiger partial charge in [-0.1, -0.05) is 12.1 Å². The largest absolute Gasteiger partial charge is 0.336 e. The summed E-state index contributed by atoms with van der Waals surface area (Å²) in [6.45, 7) is 0. The third kappa shape index (κ3) is 3.85. The zero-order valence-corrected chi connectivity index (χ0v) is 13.7. The van der Waals surface area contributed by atoms with Crippen molar-refractivity contribution in [3.05, 3.63) is 83.7 Å². The Balaban J connectivity index is 1.84. The smallest absolute Gasteiger partial charge is 0.320 e. The molecule has 0 saturated heterocycles. The number of nitrogens with zero attached hydrogens (tertiary/aromatic N) is 2. The number of halogens is 3. The van der Waals surface area contributed by atoms with Gasteiger partial charge in [-0.05, 0) is 29.8 Å². The standard InChI is InChI=1S/C18H15F3N4O/c1-25-9-8-22-17(25)16(11-2-4-12(19)5-3-11)24-18(26)23-15-7-6-13(20)10-14(15)21/h2-10,16H,1H3,(H2,23,24,26). The molecule has 134 valence electrons. The second kappa shape index (κ2) is 7.30. The van der Waals surface area contributed by atoms with Crippen molar-refractivity contribution in [1.82, 2.24) is 14.9 Å². The van der Waals surface area contributed by atoms with Gasteiger partial charge in [-0.25, -0.2) is 22.9 Å². The number of aromatic nitrogens is 2. The number of urea groups is 1. The number of amides is 2. The van der Waals surface area contributed by atoms with Crippen molar-refractivity contribution < 1.29 is 18.0 Å². The average molecular weight is 360 g/mol. The molecular formula is C18H15F3N4O. The Labute approximate surface area is 147 Å². The van der Waals surface area contributed by atoms with Gasteiger partial charge in [0.1, 0.15) is 29.3 Å². The lowest BCUT2D eigenvalue weighted by Gasteiger charge is -2.19. The van der Waals surface area contributed by atoms with Crippen molar-refractivity contribution in [3.8, 4) is 0 Å². The van der Waals surface area contributed by atoms with Crippen molar-refractivity contribution in [2.75, 3.05) is 5.32 Å². The van der Waals surface area contributed by atoms with Crippen LogP contribution in [0.5, 0.6) is 0 Å². The van der Waals surface area contributed by atoms with E-state index in [2.05, 4.69) is 15.6 Å². The SMILES string of the molecule is Cn1ccnc1C(NC(=O)Nc1ccc(F)cc1F)c1ccc(F)cc1. The first-order valence-electron chi connectivity index (χ1n) is 7.69. The van der Waals surface area contributed by atoms with Gasteiger partial charge in [-0.3, -0.25) is 0 Å². The fraction of sp³-hybridized carbons (Fsp3) is 0.111. The maximum absolute atomic E-state index is 13.7. The van der Waals surface area contributed by atoms with Gasteiger partial charge < -0.3 is 15.2 Å². The predicted octanol–water partition coefficient (Wildman–Crippen LogP) is 3.75. The maximum Gasteiger partial charge on any atom is 0.320 e. The number of carbonyl (C=O) groups excluding carboxylic acids is 1. The number of carbonyl (C=O) groups is 1. The zero-order valence-electron chi connectivity index (χ0n) is 13.7. The van der Waals surface area contributed by atoms with Gasteiger partial charge in [-0.2, -0.15) is 0 Å². The first-order chi connectivity index (χ1) is 12.4. The molecule has 3 rings (SSSR count). The van der Waals surface area contributed by atoms with Crippen LogP contribution in [0.25, 0.3) is 0 Å². The minimum Gasteiger partial charge on any atom is -0.336 e. The summed E-state index contributed by atoms with van der Waals surface area (Å²) in [6, 6.07) is 7.00. The van der Waals surface area contributed by atoms with Crippen molar-refractivity contribution in [2.24, 2.45) is 7.05 Å². The molecule has 0 spiro atoms. The van der Waals surface area contributed by atoms with Crippen LogP contribution in [0.3, 0.4) is 0 Å². The minimum atomic E-state index is -0.893. The Morgan fingerprint density at radius 2 is 1.77 bits per heavy atom. The number of benzene rings is 2. The highest BCUT2D eigenvalue weighted by molar-refractivity contribution is 5.89. The van der Waals surface area contributed by atoms with E-state index in [1.807, 2.05) is 0 Å². The molecule has 1 unspecified atom stereocenters. The predicted molar refractivity (Wildman–Crippen MR) is 90.0 cm³/mol. The number of hydrogen-bond donors (Lipinski definition) is 2. The Kier molecular flexibility index (Phi) is 4.92. The monoisotopic (exact) mass is 360 g/mol. The van der Waals surface area contributed by atoms with Crippen LogP contribution < -0.4 is 10.6 Å². The van der Waals surface area contributed by atoms with Crippen LogP contribution in [0.4, 0.5) is 23.7 Å². The molecular weight excluding hydrogens is 345 g/mol. The van der Waals surface area contributed by atoms with E-state index in [4.69, 9.17) is 0 Å². The third-order valence-corrected chi connectivity index (χ3v) is 3.77. The first-order valence-corrected chi connectivity index (χ1v) is 7.69. The Morgan fingerprint density at radius 1 is 1.08 bits per heavy atom. The molecule has 0 bridgehead atoms. The third-order valence-electron chi connectivity index (χ3n) is 3.77. The highest BCUT2D eigenvalue weighted by atomic mass is 19.1. The Morgan fingerprint density at radius 3 is 2.38 bits per heavy atom. The van der Waals surface area contributed by atoms with Crippen LogP contribution in [0.15, 0.2) is 54.9 Å². The van der Waals surface area contributed by atoms with E-state index >= 15 is 0 Å². The Bertz CT molecular complexity index is 924. The average Bonchev–Trinajstić information content (AvgIpc) is 3.02. The van der Waals surface area contributed by atoms with Crippen LogP contribution in [-0.4, -0.2) is 15.6 Å².